The fraction of sp³-hybridized carbons (Fsp3) is 0.324. The molecule has 1 N–H and O–H groups in total. The summed E-state index contributed by atoms with van der Waals surface area (Å²) < 4.78 is 19.3. The summed E-state index contributed by atoms with van der Waals surface area (Å²) in [6.45, 7) is 10.9. The molecule has 0 fully saturated rings. The highest BCUT2D eigenvalue weighted by atomic mass is 16.6. The zero-order valence-corrected chi connectivity index (χ0v) is 25.5. The van der Waals surface area contributed by atoms with Crippen LogP contribution in [0.1, 0.15) is 79.1 Å². The largest absolute Gasteiger partial charge is 0.492 e. The molecule has 1 spiro atoms. The summed E-state index contributed by atoms with van der Waals surface area (Å²) in [5.74, 6) is 1.63. The summed E-state index contributed by atoms with van der Waals surface area (Å²) in [5.41, 5.74) is 5.79. The van der Waals surface area contributed by atoms with Gasteiger partial charge in [-0.15, -0.1) is 0 Å². The first-order valence-corrected chi connectivity index (χ1v) is 15.5. The summed E-state index contributed by atoms with van der Waals surface area (Å²) >= 11 is 0. The number of unbranched alkanes of at least 4 members (excludes halogenated alkanes) is 2. The highest BCUT2D eigenvalue weighted by Crippen LogP contribution is 2.58. The number of rotatable bonds is 11. The predicted octanol–water partition coefficient (Wildman–Crippen LogP) is 9.11. The van der Waals surface area contributed by atoms with E-state index >= 15 is 0 Å². The molecular formula is C37H40N2O4. The third kappa shape index (κ3) is 5.09. The fourth-order valence-electron chi connectivity index (χ4n) is 6.18. The first kappa shape index (κ1) is 28.7. The number of aryl methyl sites for hydroxylation is 1. The van der Waals surface area contributed by atoms with Crippen molar-refractivity contribution in [2.24, 2.45) is 0 Å². The van der Waals surface area contributed by atoms with Crippen molar-refractivity contribution in [1.29, 1.82) is 0 Å². The van der Waals surface area contributed by atoms with Gasteiger partial charge in [0.1, 0.15) is 17.2 Å². The van der Waals surface area contributed by atoms with Crippen molar-refractivity contribution >= 4 is 23.0 Å². The molecule has 43 heavy (non-hydrogen) atoms. The van der Waals surface area contributed by atoms with Gasteiger partial charge in [-0.05, 0) is 62.6 Å². The Morgan fingerprint density at radius 2 is 1.51 bits per heavy atom. The highest BCUT2D eigenvalue weighted by Gasteiger charge is 2.54. The lowest BCUT2D eigenvalue weighted by Crippen LogP contribution is -2.33. The van der Waals surface area contributed by atoms with Crippen molar-refractivity contribution in [2.45, 2.75) is 59.0 Å². The van der Waals surface area contributed by atoms with E-state index in [-0.39, 0.29) is 5.97 Å². The quantitative estimate of drug-likeness (QED) is 0.180. The molecule has 0 radical (unpaired) electrons. The van der Waals surface area contributed by atoms with E-state index < -0.39 is 5.60 Å². The van der Waals surface area contributed by atoms with Crippen LogP contribution in [0.2, 0.25) is 0 Å². The number of hydrogen-bond acceptors (Lipinski definition) is 6. The molecule has 0 aromatic heterocycles. The van der Waals surface area contributed by atoms with Crippen LogP contribution in [0.15, 0.2) is 78.9 Å². The van der Waals surface area contributed by atoms with E-state index in [1.807, 2.05) is 61.5 Å². The number of carbonyl (C=O) groups excluding carboxylic acids is 1. The van der Waals surface area contributed by atoms with Crippen LogP contribution in [0, 0.1) is 6.92 Å². The molecule has 6 heteroatoms. The van der Waals surface area contributed by atoms with Gasteiger partial charge in [0.15, 0.2) is 5.60 Å². The minimum atomic E-state index is -1.15. The monoisotopic (exact) mass is 576 g/mol. The van der Waals surface area contributed by atoms with Gasteiger partial charge in [0, 0.05) is 53.3 Å². The number of esters is 1. The Morgan fingerprint density at radius 1 is 0.791 bits per heavy atom. The van der Waals surface area contributed by atoms with Crippen molar-refractivity contribution in [3.63, 3.8) is 0 Å². The first-order valence-electron chi connectivity index (χ1n) is 15.5. The van der Waals surface area contributed by atoms with Gasteiger partial charge in [-0.2, -0.15) is 0 Å². The van der Waals surface area contributed by atoms with Gasteiger partial charge >= 0.3 is 5.97 Å². The van der Waals surface area contributed by atoms with Gasteiger partial charge in [0.2, 0.25) is 0 Å². The predicted molar refractivity (Wildman–Crippen MR) is 172 cm³/mol. The molecular weight excluding hydrogens is 536 g/mol. The van der Waals surface area contributed by atoms with Crippen LogP contribution < -0.4 is 19.7 Å². The van der Waals surface area contributed by atoms with Crippen molar-refractivity contribution in [1.82, 2.24) is 0 Å². The molecule has 0 aliphatic carbocycles. The van der Waals surface area contributed by atoms with Gasteiger partial charge in [-0.3, -0.25) is 0 Å². The van der Waals surface area contributed by atoms with E-state index in [4.69, 9.17) is 14.2 Å². The SMILES string of the molecule is CCCCN(CCCC)c1ccc2c(c1)Oc1cc(OCC)c(Nc3ccccc3C)cc1C21OC(=O)c2ccccc21. The fourth-order valence-corrected chi connectivity index (χ4v) is 6.18. The minimum Gasteiger partial charge on any atom is -0.492 e. The third-order valence-corrected chi connectivity index (χ3v) is 8.44. The summed E-state index contributed by atoms with van der Waals surface area (Å²) in [6.07, 6.45) is 4.50. The van der Waals surface area contributed by atoms with Crippen LogP contribution >= 0.6 is 0 Å². The number of fused-ring (bicyclic) bond motifs is 6. The van der Waals surface area contributed by atoms with Crippen molar-refractivity contribution in [3.8, 4) is 17.2 Å². The topological polar surface area (TPSA) is 60.0 Å². The minimum absolute atomic E-state index is 0.340. The summed E-state index contributed by atoms with van der Waals surface area (Å²) in [6, 6.07) is 26.1. The molecule has 0 saturated heterocycles. The van der Waals surface area contributed by atoms with Gasteiger partial charge in [0.05, 0.1) is 17.9 Å². The maximum atomic E-state index is 13.4. The van der Waals surface area contributed by atoms with Crippen LogP contribution in [-0.2, 0) is 10.3 Å². The Morgan fingerprint density at radius 3 is 2.26 bits per heavy atom. The van der Waals surface area contributed by atoms with Crippen molar-refractivity contribution in [3.05, 3.63) is 107 Å². The van der Waals surface area contributed by atoms with Crippen LogP contribution in [0.25, 0.3) is 0 Å². The summed E-state index contributed by atoms with van der Waals surface area (Å²) in [7, 11) is 0. The maximum Gasteiger partial charge on any atom is 0.340 e. The number of hydrogen-bond donors (Lipinski definition) is 1. The number of ether oxygens (including phenoxy) is 3. The zero-order valence-electron chi connectivity index (χ0n) is 25.5. The van der Waals surface area contributed by atoms with Crippen LogP contribution in [0.3, 0.4) is 0 Å². The summed E-state index contributed by atoms with van der Waals surface area (Å²) in [4.78, 5) is 15.9. The molecule has 2 aliphatic heterocycles. The van der Waals surface area contributed by atoms with Crippen molar-refractivity contribution < 1.29 is 19.0 Å². The number of carbonyl (C=O) groups is 1. The van der Waals surface area contributed by atoms with Crippen LogP contribution in [-0.4, -0.2) is 25.7 Å². The number of benzene rings is 4. The Balaban J connectivity index is 1.54. The van der Waals surface area contributed by atoms with E-state index in [0.29, 0.717) is 29.4 Å². The van der Waals surface area contributed by atoms with Gasteiger partial charge in [-0.1, -0.05) is 63.1 Å². The Labute approximate surface area is 254 Å². The van der Waals surface area contributed by atoms with E-state index in [2.05, 4.69) is 55.3 Å². The number of anilines is 3. The molecule has 0 saturated carbocycles. The Hall–Kier alpha value is -4.45. The third-order valence-electron chi connectivity index (χ3n) is 8.44. The lowest BCUT2D eigenvalue weighted by molar-refractivity contribution is 0.0224. The normalized spacial score (nSPS) is 16.1. The number of nitrogens with zero attached hydrogens (tertiary/aromatic N) is 1. The van der Waals surface area contributed by atoms with Gasteiger partial charge in [-0.25, -0.2) is 4.79 Å². The second-order valence-electron chi connectivity index (χ2n) is 11.3. The average Bonchev–Trinajstić information content (AvgIpc) is 3.31. The van der Waals surface area contributed by atoms with E-state index in [0.717, 1.165) is 78.1 Å². The first-order chi connectivity index (χ1) is 21.0. The molecule has 222 valence electrons. The highest BCUT2D eigenvalue weighted by molar-refractivity contribution is 5.97. The lowest BCUT2D eigenvalue weighted by atomic mass is 9.77. The molecule has 0 amide bonds. The molecule has 1 unspecified atom stereocenters. The smallest absolute Gasteiger partial charge is 0.340 e. The number of para-hydroxylation sites is 1. The standard InChI is InChI=1S/C37H40N2O4/c1-5-8-20-39(21-9-6-2)26-18-19-29-33(22-26)42-34-24-35(41-7-3)32(38-31-17-13-10-14-25(31)4)23-30(34)37(29)28-16-12-11-15-27(28)36(40)43-37/h10-19,22-24,38H,5-9,20-21H2,1-4H3. The maximum absolute atomic E-state index is 13.4. The molecule has 1 atom stereocenters. The van der Waals surface area contributed by atoms with E-state index in [1.54, 1.807) is 0 Å². The Bertz CT molecular complexity index is 1640. The molecule has 0 bridgehead atoms. The van der Waals surface area contributed by atoms with Crippen LogP contribution in [0.4, 0.5) is 17.1 Å². The number of nitrogens with one attached hydrogen (secondary N) is 1. The average molecular weight is 577 g/mol. The van der Waals surface area contributed by atoms with Crippen molar-refractivity contribution in [2.75, 3.05) is 29.9 Å². The summed E-state index contributed by atoms with van der Waals surface area (Å²) in [5, 5.41) is 3.58. The molecule has 6 rings (SSSR count). The van der Waals surface area contributed by atoms with Gasteiger partial charge < -0.3 is 24.4 Å². The zero-order chi connectivity index (χ0) is 30.0. The molecule has 6 nitrogen and oxygen atoms in total. The second kappa shape index (κ2) is 12.0. The lowest BCUT2D eigenvalue weighted by Gasteiger charge is -2.38. The Kier molecular flexibility index (Phi) is 8.02. The second-order valence-corrected chi connectivity index (χ2v) is 11.3. The van der Waals surface area contributed by atoms with Crippen LogP contribution in [0.5, 0.6) is 17.2 Å². The van der Waals surface area contributed by atoms with Gasteiger partial charge in [0.25, 0.3) is 0 Å². The molecule has 4 aromatic rings. The van der Waals surface area contributed by atoms with E-state index in [1.165, 1.54) is 0 Å². The molecule has 4 aromatic carbocycles. The molecule has 2 heterocycles. The van der Waals surface area contributed by atoms with E-state index in [9.17, 15) is 4.79 Å². The molecule has 2 aliphatic rings.